The van der Waals surface area contributed by atoms with Gasteiger partial charge in [0.25, 0.3) is 5.69 Å². The fourth-order valence-corrected chi connectivity index (χ4v) is 4.42. The third kappa shape index (κ3) is 5.00. The molecule has 2 aromatic carbocycles. The molecule has 0 aliphatic heterocycles. The van der Waals surface area contributed by atoms with Crippen LogP contribution in [0.3, 0.4) is 0 Å². The van der Waals surface area contributed by atoms with E-state index in [-0.39, 0.29) is 10.6 Å². The SMILES string of the molecule is CC(C)c1ccc(N=c2scc(-c3cccc([N+](=O)[O-])c3)n2CCc2ccccn2)cc1. The Morgan fingerprint density at radius 1 is 1.09 bits per heavy atom. The number of non-ortho nitro benzene ring substituents is 1. The maximum atomic E-state index is 11.3. The van der Waals surface area contributed by atoms with E-state index in [2.05, 4.69) is 35.5 Å². The lowest BCUT2D eigenvalue weighted by Crippen LogP contribution is -2.17. The van der Waals surface area contributed by atoms with E-state index in [1.165, 1.54) is 23.0 Å². The van der Waals surface area contributed by atoms with E-state index in [0.717, 1.165) is 33.9 Å². The smallest absolute Gasteiger partial charge is 0.270 e. The predicted molar refractivity (Wildman–Crippen MR) is 128 cm³/mol. The molecule has 0 saturated carbocycles. The van der Waals surface area contributed by atoms with Crippen molar-refractivity contribution >= 4 is 22.7 Å². The Hall–Kier alpha value is -3.58. The van der Waals surface area contributed by atoms with E-state index in [9.17, 15) is 10.1 Å². The van der Waals surface area contributed by atoms with Crippen molar-refractivity contribution in [2.45, 2.75) is 32.7 Å². The van der Waals surface area contributed by atoms with Gasteiger partial charge in [0, 0.05) is 47.9 Å². The summed E-state index contributed by atoms with van der Waals surface area (Å²) in [7, 11) is 0. The lowest BCUT2D eigenvalue weighted by molar-refractivity contribution is -0.384. The first-order valence-electron chi connectivity index (χ1n) is 10.5. The van der Waals surface area contributed by atoms with Crippen LogP contribution in [0.4, 0.5) is 11.4 Å². The summed E-state index contributed by atoms with van der Waals surface area (Å²) < 4.78 is 2.12. The largest absolute Gasteiger partial charge is 0.316 e. The number of nitro groups is 1. The third-order valence-corrected chi connectivity index (χ3v) is 6.12. The second-order valence-corrected chi connectivity index (χ2v) is 8.63. The zero-order chi connectivity index (χ0) is 22.5. The second-order valence-electron chi connectivity index (χ2n) is 7.79. The Bertz CT molecular complexity index is 1280. The molecule has 0 unspecified atom stereocenters. The number of hydrogen-bond acceptors (Lipinski definition) is 5. The van der Waals surface area contributed by atoms with E-state index in [1.807, 2.05) is 41.8 Å². The van der Waals surface area contributed by atoms with Crippen LogP contribution in [-0.4, -0.2) is 14.5 Å². The van der Waals surface area contributed by atoms with Gasteiger partial charge in [0.05, 0.1) is 16.3 Å². The molecule has 0 bridgehead atoms. The van der Waals surface area contributed by atoms with Gasteiger partial charge in [0.1, 0.15) is 0 Å². The molecular formula is C25H24N4O2S. The van der Waals surface area contributed by atoms with Crippen molar-refractivity contribution in [1.29, 1.82) is 0 Å². The zero-order valence-corrected chi connectivity index (χ0v) is 18.8. The van der Waals surface area contributed by atoms with Crippen LogP contribution < -0.4 is 4.80 Å². The van der Waals surface area contributed by atoms with Gasteiger partial charge in [0.15, 0.2) is 4.80 Å². The molecule has 7 heteroatoms. The van der Waals surface area contributed by atoms with Crippen LogP contribution in [0.2, 0.25) is 0 Å². The summed E-state index contributed by atoms with van der Waals surface area (Å²) >= 11 is 1.53. The van der Waals surface area contributed by atoms with Gasteiger partial charge in [-0.2, -0.15) is 0 Å². The molecular weight excluding hydrogens is 420 g/mol. The maximum absolute atomic E-state index is 11.3. The minimum atomic E-state index is -0.365. The number of aromatic nitrogens is 2. The third-order valence-electron chi connectivity index (χ3n) is 5.25. The summed E-state index contributed by atoms with van der Waals surface area (Å²) in [5.41, 5.74) is 4.93. The molecule has 162 valence electrons. The van der Waals surface area contributed by atoms with E-state index < -0.39 is 0 Å². The topological polar surface area (TPSA) is 73.3 Å². The van der Waals surface area contributed by atoms with Gasteiger partial charge in [-0.1, -0.05) is 44.2 Å². The van der Waals surface area contributed by atoms with Gasteiger partial charge in [-0.25, -0.2) is 4.99 Å². The molecule has 32 heavy (non-hydrogen) atoms. The molecule has 0 radical (unpaired) electrons. The second kappa shape index (κ2) is 9.70. The molecule has 2 heterocycles. The number of benzene rings is 2. The zero-order valence-electron chi connectivity index (χ0n) is 18.0. The van der Waals surface area contributed by atoms with Crippen LogP contribution in [0.1, 0.15) is 31.0 Å². The van der Waals surface area contributed by atoms with Crippen molar-refractivity contribution in [1.82, 2.24) is 9.55 Å². The molecule has 0 N–H and O–H groups in total. The van der Waals surface area contributed by atoms with E-state index in [0.29, 0.717) is 12.5 Å². The highest BCUT2D eigenvalue weighted by molar-refractivity contribution is 7.07. The Labute approximate surface area is 190 Å². The highest BCUT2D eigenvalue weighted by atomic mass is 32.1. The average molecular weight is 445 g/mol. The van der Waals surface area contributed by atoms with Crippen molar-refractivity contribution in [3.63, 3.8) is 0 Å². The van der Waals surface area contributed by atoms with Crippen LogP contribution in [-0.2, 0) is 13.0 Å². The summed E-state index contributed by atoms with van der Waals surface area (Å²) in [4.78, 5) is 21.1. The normalized spacial score (nSPS) is 11.8. The fraction of sp³-hybridized carbons (Fsp3) is 0.200. The maximum Gasteiger partial charge on any atom is 0.270 e. The van der Waals surface area contributed by atoms with Crippen molar-refractivity contribution in [3.8, 4) is 11.3 Å². The van der Waals surface area contributed by atoms with Gasteiger partial charge in [-0.15, -0.1) is 11.3 Å². The fourth-order valence-electron chi connectivity index (χ4n) is 3.46. The van der Waals surface area contributed by atoms with Gasteiger partial charge < -0.3 is 4.57 Å². The van der Waals surface area contributed by atoms with Crippen molar-refractivity contribution < 1.29 is 4.92 Å². The molecule has 6 nitrogen and oxygen atoms in total. The highest BCUT2D eigenvalue weighted by Gasteiger charge is 2.13. The first-order valence-corrected chi connectivity index (χ1v) is 11.4. The van der Waals surface area contributed by atoms with Crippen molar-refractivity contribution in [2.75, 3.05) is 0 Å². The first kappa shape index (κ1) is 21.6. The average Bonchev–Trinajstić information content (AvgIpc) is 3.21. The Morgan fingerprint density at radius 3 is 2.59 bits per heavy atom. The molecule has 4 aromatic rings. The lowest BCUT2D eigenvalue weighted by Gasteiger charge is -2.09. The number of hydrogen-bond donors (Lipinski definition) is 0. The first-order chi connectivity index (χ1) is 15.5. The monoisotopic (exact) mass is 444 g/mol. The number of aryl methyl sites for hydroxylation is 1. The van der Waals surface area contributed by atoms with Gasteiger partial charge >= 0.3 is 0 Å². The number of rotatable bonds is 7. The summed E-state index contributed by atoms with van der Waals surface area (Å²) in [6, 6.07) is 20.9. The van der Waals surface area contributed by atoms with Crippen LogP contribution in [0.15, 0.2) is 83.3 Å². The number of pyridine rings is 1. The van der Waals surface area contributed by atoms with Crippen LogP contribution >= 0.6 is 11.3 Å². The van der Waals surface area contributed by atoms with Gasteiger partial charge in [-0.3, -0.25) is 15.1 Å². The lowest BCUT2D eigenvalue weighted by atomic mass is 10.0. The minimum Gasteiger partial charge on any atom is -0.316 e. The standard InChI is InChI=1S/C25H24N4O2S/c1-18(2)19-9-11-22(12-10-19)27-25-28(15-13-21-7-3-4-14-26-21)24(17-32-25)20-6-5-8-23(16-20)29(30)31/h3-12,14,16-18H,13,15H2,1-2H3. The number of nitrogens with zero attached hydrogens (tertiary/aromatic N) is 4. The summed E-state index contributed by atoms with van der Waals surface area (Å²) in [5, 5.41) is 13.3. The molecule has 0 saturated heterocycles. The molecule has 0 fully saturated rings. The van der Waals surface area contributed by atoms with Crippen LogP contribution in [0.25, 0.3) is 11.3 Å². The van der Waals surface area contributed by atoms with Gasteiger partial charge in [0.2, 0.25) is 0 Å². The van der Waals surface area contributed by atoms with E-state index in [4.69, 9.17) is 4.99 Å². The van der Waals surface area contributed by atoms with Gasteiger partial charge in [-0.05, 0) is 35.7 Å². The molecule has 2 aromatic heterocycles. The summed E-state index contributed by atoms with van der Waals surface area (Å²) in [6.07, 6.45) is 2.52. The molecule has 0 aliphatic carbocycles. The van der Waals surface area contributed by atoms with Crippen LogP contribution in [0.5, 0.6) is 0 Å². The quantitative estimate of drug-likeness (QED) is 0.255. The predicted octanol–water partition coefficient (Wildman–Crippen LogP) is 6.12. The van der Waals surface area contributed by atoms with E-state index in [1.54, 1.807) is 18.3 Å². The van der Waals surface area contributed by atoms with Crippen molar-refractivity contribution in [2.24, 2.45) is 4.99 Å². The summed E-state index contributed by atoms with van der Waals surface area (Å²) in [5.74, 6) is 0.467. The Morgan fingerprint density at radius 2 is 1.91 bits per heavy atom. The molecule has 0 atom stereocenters. The number of thiazole rings is 1. The van der Waals surface area contributed by atoms with E-state index >= 15 is 0 Å². The molecule has 0 spiro atoms. The molecule has 4 rings (SSSR count). The van der Waals surface area contributed by atoms with Crippen LogP contribution in [0, 0.1) is 10.1 Å². The highest BCUT2D eigenvalue weighted by Crippen LogP contribution is 2.25. The Kier molecular flexibility index (Phi) is 6.56. The minimum absolute atomic E-state index is 0.0766. The molecule has 0 aliphatic rings. The summed E-state index contributed by atoms with van der Waals surface area (Å²) in [6.45, 7) is 5.01. The number of nitro benzene ring substituents is 1. The molecule has 0 amide bonds. The van der Waals surface area contributed by atoms with Crippen molar-refractivity contribution in [3.05, 3.63) is 104 Å². The Balaban J connectivity index is 1.76.